The molecule has 0 unspecified atom stereocenters. The van der Waals surface area contributed by atoms with Crippen LogP contribution in [0.2, 0.25) is 0 Å². The van der Waals surface area contributed by atoms with E-state index in [1.807, 2.05) is 35.0 Å². The van der Waals surface area contributed by atoms with E-state index >= 15 is 0 Å². The number of para-hydroxylation sites is 1. The van der Waals surface area contributed by atoms with Gasteiger partial charge < -0.3 is 9.64 Å². The van der Waals surface area contributed by atoms with Gasteiger partial charge >= 0.3 is 0 Å². The van der Waals surface area contributed by atoms with Crippen molar-refractivity contribution in [1.29, 1.82) is 0 Å². The highest BCUT2D eigenvalue weighted by atomic mass is 127. The first-order valence-corrected chi connectivity index (χ1v) is 9.67. The average molecular weight is 477 g/mol. The molecule has 0 fully saturated rings. The Bertz CT molecular complexity index is 975. The molecule has 0 spiro atoms. The van der Waals surface area contributed by atoms with Gasteiger partial charge in [-0.25, -0.2) is 4.39 Å². The molecule has 1 aliphatic rings. The Hall–Kier alpha value is -2.42. The molecule has 2 aromatic carbocycles. The minimum absolute atomic E-state index is 0.105. The molecule has 0 saturated heterocycles. The summed E-state index contributed by atoms with van der Waals surface area (Å²) in [5.74, 6) is 0.00212. The van der Waals surface area contributed by atoms with E-state index in [2.05, 4.69) is 27.7 Å². The number of carbonyl (C=O) groups excluding carboxylic acids is 1. The van der Waals surface area contributed by atoms with E-state index in [-0.39, 0.29) is 11.5 Å². The molecular formula is C20H17FIN3O2. The summed E-state index contributed by atoms with van der Waals surface area (Å²) in [4.78, 5) is 14.4. The number of nitrogens with zero attached hydrogens (tertiary/aromatic N) is 3. The Morgan fingerprint density at radius 2 is 1.85 bits per heavy atom. The van der Waals surface area contributed by atoms with E-state index in [9.17, 15) is 9.18 Å². The SMILES string of the molecule is O=C(c1ccccc1F)N1CCn2nc(COc3ccccc3)c(I)c2C1. The highest BCUT2D eigenvalue weighted by Crippen LogP contribution is 2.25. The summed E-state index contributed by atoms with van der Waals surface area (Å²) in [5, 5.41) is 4.62. The van der Waals surface area contributed by atoms with Crippen molar-refractivity contribution < 1.29 is 13.9 Å². The summed E-state index contributed by atoms with van der Waals surface area (Å²) in [6.07, 6.45) is 0. The maximum Gasteiger partial charge on any atom is 0.257 e. The quantitative estimate of drug-likeness (QED) is 0.537. The number of carbonyl (C=O) groups is 1. The maximum atomic E-state index is 14.0. The van der Waals surface area contributed by atoms with Gasteiger partial charge in [-0.05, 0) is 46.9 Å². The molecule has 1 amide bonds. The maximum absolute atomic E-state index is 14.0. The van der Waals surface area contributed by atoms with Crippen LogP contribution in [0.3, 0.4) is 0 Å². The van der Waals surface area contributed by atoms with Crippen molar-refractivity contribution in [2.24, 2.45) is 0 Å². The van der Waals surface area contributed by atoms with Crippen LogP contribution >= 0.6 is 22.6 Å². The fraction of sp³-hybridized carbons (Fsp3) is 0.200. The first kappa shape index (κ1) is 18.0. The van der Waals surface area contributed by atoms with Crippen LogP contribution < -0.4 is 4.74 Å². The van der Waals surface area contributed by atoms with Crippen LogP contribution in [-0.4, -0.2) is 27.1 Å². The van der Waals surface area contributed by atoms with Crippen LogP contribution in [0.15, 0.2) is 54.6 Å². The van der Waals surface area contributed by atoms with Crippen molar-refractivity contribution in [3.05, 3.63) is 80.9 Å². The Balaban J connectivity index is 1.50. The lowest BCUT2D eigenvalue weighted by Crippen LogP contribution is -2.39. The van der Waals surface area contributed by atoms with Crippen molar-refractivity contribution in [2.45, 2.75) is 19.7 Å². The van der Waals surface area contributed by atoms with Gasteiger partial charge in [0.25, 0.3) is 5.91 Å². The molecule has 0 atom stereocenters. The number of amides is 1. The number of hydrogen-bond acceptors (Lipinski definition) is 3. The van der Waals surface area contributed by atoms with Crippen LogP contribution in [0.25, 0.3) is 0 Å². The lowest BCUT2D eigenvalue weighted by molar-refractivity contribution is 0.0700. The lowest BCUT2D eigenvalue weighted by atomic mass is 10.1. The predicted molar refractivity (Wildman–Crippen MR) is 107 cm³/mol. The fourth-order valence-electron chi connectivity index (χ4n) is 3.08. The van der Waals surface area contributed by atoms with Gasteiger partial charge in [0.1, 0.15) is 23.9 Å². The zero-order chi connectivity index (χ0) is 18.8. The summed E-state index contributed by atoms with van der Waals surface area (Å²) in [6.45, 7) is 1.85. The third-order valence-corrected chi connectivity index (χ3v) is 5.74. The fourth-order valence-corrected chi connectivity index (χ4v) is 3.79. The van der Waals surface area contributed by atoms with Crippen LogP contribution in [0, 0.1) is 9.39 Å². The van der Waals surface area contributed by atoms with Crippen molar-refractivity contribution in [1.82, 2.24) is 14.7 Å². The van der Waals surface area contributed by atoms with Gasteiger partial charge in [0.15, 0.2) is 0 Å². The summed E-state index contributed by atoms with van der Waals surface area (Å²) in [5.41, 5.74) is 1.90. The minimum Gasteiger partial charge on any atom is -0.487 e. The highest BCUT2D eigenvalue weighted by molar-refractivity contribution is 14.1. The number of rotatable bonds is 4. The molecule has 1 aromatic heterocycles. The number of halogens is 2. The first-order chi connectivity index (χ1) is 13.1. The van der Waals surface area contributed by atoms with E-state index in [1.165, 1.54) is 12.1 Å². The zero-order valence-corrected chi connectivity index (χ0v) is 16.6. The van der Waals surface area contributed by atoms with E-state index < -0.39 is 5.82 Å². The molecule has 2 heterocycles. The smallest absolute Gasteiger partial charge is 0.257 e. The lowest BCUT2D eigenvalue weighted by Gasteiger charge is -2.28. The van der Waals surface area contributed by atoms with Gasteiger partial charge in [-0.15, -0.1) is 0 Å². The average Bonchev–Trinajstić information content (AvgIpc) is 3.02. The molecule has 1 aliphatic heterocycles. The summed E-state index contributed by atoms with van der Waals surface area (Å²) >= 11 is 2.24. The molecule has 0 N–H and O–H groups in total. The largest absolute Gasteiger partial charge is 0.487 e. The number of benzene rings is 2. The second-order valence-electron chi connectivity index (χ2n) is 6.24. The van der Waals surface area contributed by atoms with Gasteiger partial charge in [0.2, 0.25) is 0 Å². The highest BCUT2D eigenvalue weighted by Gasteiger charge is 2.27. The van der Waals surface area contributed by atoms with Crippen molar-refractivity contribution in [3.63, 3.8) is 0 Å². The number of aromatic nitrogens is 2. The van der Waals surface area contributed by atoms with Crippen LogP contribution in [-0.2, 0) is 19.7 Å². The van der Waals surface area contributed by atoms with Gasteiger partial charge in [-0.3, -0.25) is 9.48 Å². The van der Waals surface area contributed by atoms with Gasteiger partial charge in [0.05, 0.1) is 27.9 Å². The van der Waals surface area contributed by atoms with E-state index in [0.29, 0.717) is 26.2 Å². The van der Waals surface area contributed by atoms with E-state index in [1.54, 1.807) is 17.0 Å². The second-order valence-corrected chi connectivity index (χ2v) is 7.32. The summed E-state index contributed by atoms with van der Waals surface area (Å²) in [6, 6.07) is 15.7. The molecule has 5 nitrogen and oxygen atoms in total. The normalized spacial score (nSPS) is 13.3. The van der Waals surface area contributed by atoms with Crippen LogP contribution in [0.4, 0.5) is 4.39 Å². The number of hydrogen-bond donors (Lipinski definition) is 0. The Morgan fingerprint density at radius 1 is 1.11 bits per heavy atom. The van der Waals surface area contributed by atoms with Gasteiger partial charge in [0, 0.05) is 6.54 Å². The van der Waals surface area contributed by atoms with Crippen molar-refractivity contribution >= 4 is 28.5 Å². The molecule has 27 heavy (non-hydrogen) atoms. The Morgan fingerprint density at radius 3 is 2.63 bits per heavy atom. The first-order valence-electron chi connectivity index (χ1n) is 8.59. The third kappa shape index (κ3) is 3.69. The molecule has 4 rings (SSSR count). The number of ether oxygens (including phenoxy) is 1. The molecule has 3 aromatic rings. The minimum atomic E-state index is -0.492. The van der Waals surface area contributed by atoms with Crippen LogP contribution in [0.5, 0.6) is 5.75 Å². The molecular weight excluding hydrogens is 460 g/mol. The van der Waals surface area contributed by atoms with E-state index in [0.717, 1.165) is 20.7 Å². The molecule has 0 radical (unpaired) electrons. The van der Waals surface area contributed by atoms with Gasteiger partial charge in [-0.1, -0.05) is 30.3 Å². The summed E-state index contributed by atoms with van der Waals surface area (Å²) < 4.78 is 22.6. The van der Waals surface area contributed by atoms with Crippen LogP contribution in [0.1, 0.15) is 21.7 Å². The molecule has 0 bridgehead atoms. The van der Waals surface area contributed by atoms with Gasteiger partial charge in [-0.2, -0.15) is 5.10 Å². The zero-order valence-electron chi connectivity index (χ0n) is 14.4. The summed E-state index contributed by atoms with van der Waals surface area (Å²) in [7, 11) is 0. The Labute approximate surface area is 169 Å². The number of fused-ring (bicyclic) bond motifs is 1. The van der Waals surface area contributed by atoms with Crippen molar-refractivity contribution in [3.8, 4) is 5.75 Å². The Kier molecular flexibility index (Phi) is 5.11. The third-order valence-electron chi connectivity index (χ3n) is 4.49. The second kappa shape index (κ2) is 7.67. The topological polar surface area (TPSA) is 47.4 Å². The standard InChI is InChI=1S/C20H17FIN3O2/c21-16-9-5-4-8-15(16)20(26)24-10-11-25-18(12-24)19(22)17(23-25)13-27-14-6-2-1-3-7-14/h1-9H,10-13H2. The predicted octanol–water partition coefficient (Wildman–Crippen LogP) is 3.86. The molecule has 0 saturated carbocycles. The molecule has 138 valence electrons. The monoisotopic (exact) mass is 477 g/mol. The molecule has 7 heteroatoms. The van der Waals surface area contributed by atoms with Crippen molar-refractivity contribution in [2.75, 3.05) is 6.54 Å². The molecule has 0 aliphatic carbocycles. The van der Waals surface area contributed by atoms with E-state index in [4.69, 9.17) is 4.74 Å².